The van der Waals surface area contributed by atoms with E-state index in [-0.39, 0.29) is 15.7 Å². The van der Waals surface area contributed by atoms with E-state index < -0.39 is 10.8 Å². The third kappa shape index (κ3) is 3.61. The van der Waals surface area contributed by atoms with Gasteiger partial charge in [0, 0.05) is 10.5 Å². The number of hydrogen-bond donors (Lipinski definition) is 1. The summed E-state index contributed by atoms with van der Waals surface area (Å²) in [5.41, 5.74) is 0.387. The van der Waals surface area contributed by atoms with Gasteiger partial charge in [-0.3, -0.25) is 14.9 Å². The van der Waals surface area contributed by atoms with Gasteiger partial charge in [-0.1, -0.05) is 33.6 Å². The molecule has 0 radical (unpaired) electrons. The lowest BCUT2D eigenvalue weighted by Crippen LogP contribution is -2.13. The smallest absolute Gasteiger partial charge is 0.284 e. The molecule has 0 spiro atoms. The van der Waals surface area contributed by atoms with Crippen LogP contribution in [-0.4, -0.2) is 10.8 Å². The van der Waals surface area contributed by atoms with Crippen LogP contribution in [0.1, 0.15) is 10.4 Å². The van der Waals surface area contributed by atoms with Gasteiger partial charge in [0.05, 0.1) is 21.2 Å². The van der Waals surface area contributed by atoms with Gasteiger partial charge >= 0.3 is 0 Å². The molecule has 2 rings (SSSR count). The minimum atomic E-state index is -0.563. The van der Waals surface area contributed by atoms with Gasteiger partial charge in [-0.15, -0.1) is 0 Å². The minimum absolute atomic E-state index is 0.124. The van der Waals surface area contributed by atoms with Gasteiger partial charge in [0.15, 0.2) is 0 Å². The van der Waals surface area contributed by atoms with E-state index in [4.69, 9.17) is 11.6 Å². The first-order chi connectivity index (χ1) is 9.90. The fourth-order valence-electron chi connectivity index (χ4n) is 1.62. The second-order valence-corrected chi connectivity index (χ2v) is 6.09. The van der Waals surface area contributed by atoms with Crippen molar-refractivity contribution in [3.8, 4) is 0 Å². The van der Waals surface area contributed by atoms with Crippen LogP contribution in [0.25, 0.3) is 0 Å². The van der Waals surface area contributed by atoms with Crippen LogP contribution in [0.5, 0.6) is 0 Å². The molecule has 0 atom stereocenters. The zero-order chi connectivity index (χ0) is 15.6. The molecule has 1 N–H and O–H groups in total. The molecule has 8 heteroatoms. The van der Waals surface area contributed by atoms with Gasteiger partial charge in [0.25, 0.3) is 11.6 Å². The van der Waals surface area contributed by atoms with E-state index in [9.17, 15) is 14.9 Å². The van der Waals surface area contributed by atoms with E-state index in [1.807, 2.05) is 0 Å². The Bertz CT molecular complexity index is 737. The molecule has 0 aliphatic carbocycles. The van der Waals surface area contributed by atoms with Crippen LogP contribution in [0.2, 0.25) is 5.02 Å². The highest BCUT2D eigenvalue weighted by Gasteiger charge is 2.20. The number of halogens is 3. The number of carbonyl (C=O) groups is 1. The highest BCUT2D eigenvalue weighted by atomic mass is 79.9. The predicted molar refractivity (Wildman–Crippen MR) is 87.9 cm³/mol. The third-order valence-corrected chi connectivity index (χ3v) is 4.25. The highest BCUT2D eigenvalue weighted by molar-refractivity contribution is 9.11. The maximum absolute atomic E-state index is 12.2. The Kier molecular flexibility index (Phi) is 4.97. The van der Waals surface area contributed by atoms with Crippen LogP contribution < -0.4 is 5.32 Å². The molecule has 0 unspecified atom stereocenters. The maximum Gasteiger partial charge on any atom is 0.284 e. The zero-order valence-electron chi connectivity index (χ0n) is 10.3. The van der Waals surface area contributed by atoms with Crippen LogP contribution in [-0.2, 0) is 0 Å². The van der Waals surface area contributed by atoms with Crippen molar-refractivity contribution in [2.75, 3.05) is 5.32 Å². The van der Waals surface area contributed by atoms with Gasteiger partial charge in [0.1, 0.15) is 4.47 Å². The summed E-state index contributed by atoms with van der Waals surface area (Å²) < 4.78 is 0.874. The van der Waals surface area contributed by atoms with E-state index in [1.165, 1.54) is 18.2 Å². The van der Waals surface area contributed by atoms with Crippen LogP contribution >= 0.6 is 43.5 Å². The number of rotatable bonds is 3. The minimum Gasteiger partial charge on any atom is -0.321 e. The Morgan fingerprint density at radius 2 is 1.95 bits per heavy atom. The summed E-state index contributed by atoms with van der Waals surface area (Å²) in [6.45, 7) is 0. The summed E-state index contributed by atoms with van der Waals surface area (Å²) in [6.07, 6.45) is 0. The lowest BCUT2D eigenvalue weighted by Gasteiger charge is -2.09. The number of nitro benzene ring substituents is 1. The standard InChI is InChI=1S/C13H7Br2ClN2O3/c14-7-4-5-9(16)10(6-7)17-13(19)8-2-1-3-11(12(8)15)18(20)21/h1-6H,(H,17,19). The molecule has 2 aromatic rings. The van der Waals surface area contributed by atoms with E-state index in [0.717, 1.165) is 4.47 Å². The van der Waals surface area contributed by atoms with Gasteiger partial charge in [-0.25, -0.2) is 0 Å². The Balaban J connectivity index is 2.35. The normalized spacial score (nSPS) is 10.2. The summed E-state index contributed by atoms with van der Waals surface area (Å²) in [4.78, 5) is 22.5. The molecule has 0 fully saturated rings. The monoisotopic (exact) mass is 432 g/mol. The third-order valence-electron chi connectivity index (χ3n) is 2.60. The number of benzene rings is 2. The van der Waals surface area contributed by atoms with E-state index >= 15 is 0 Å². The molecule has 0 bridgehead atoms. The van der Waals surface area contributed by atoms with Crippen LogP contribution in [0.4, 0.5) is 11.4 Å². The fraction of sp³-hybridized carbons (Fsp3) is 0. The zero-order valence-corrected chi connectivity index (χ0v) is 14.2. The predicted octanol–water partition coefficient (Wildman–Crippen LogP) is 5.03. The molecule has 0 saturated heterocycles. The molecule has 5 nitrogen and oxygen atoms in total. The fourth-order valence-corrected chi connectivity index (χ4v) is 2.73. The van der Waals surface area contributed by atoms with Crippen molar-refractivity contribution in [2.24, 2.45) is 0 Å². The average Bonchev–Trinajstić information content (AvgIpc) is 2.42. The second-order valence-electron chi connectivity index (χ2n) is 3.97. The number of hydrogen-bond acceptors (Lipinski definition) is 3. The van der Waals surface area contributed by atoms with Crippen molar-refractivity contribution in [1.29, 1.82) is 0 Å². The quantitative estimate of drug-likeness (QED) is 0.544. The molecule has 0 aromatic heterocycles. The lowest BCUT2D eigenvalue weighted by atomic mass is 10.2. The Labute approximate surface area is 141 Å². The maximum atomic E-state index is 12.2. The van der Waals surface area contributed by atoms with Crippen molar-refractivity contribution in [2.45, 2.75) is 0 Å². The summed E-state index contributed by atoms with van der Waals surface area (Å²) in [5, 5.41) is 13.9. The molecule has 2 aromatic carbocycles. The molecule has 108 valence electrons. The van der Waals surface area contributed by atoms with Crippen LogP contribution in [0.15, 0.2) is 45.3 Å². The first-order valence-corrected chi connectivity index (χ1v) is 7.56. The molecule has 0 aliphatic rings. The van der Waals surface area contributed by atoms with Crippen LogP contribution in [0.3, 0.4) is 0 Å². The molecular weight excluding hydrogens is 427 g/mol. The van der Waals surface area contributed by atoms with E-state index in [2.05, 4.69) is 37.2 Å². The van der Waals surface area contributed by atoms with Gasteiger partial charge in [-0.05, 0) is 40.2 Å². The number of anilines is 1. The molecule has 21 heavy (non-hydrogen) atoms. The van der Waals surface area contributed by atoms with E-state index in [1.54, 1.807) is 18.2 Å². The SMILES string of the molecule is O=C(Nc1cc(Br)ccc1Cl)c1cccc([N+](=O)[O-])c1Br. The number of carbonyl (C=O) groups excluding carboxylic acids is 1. The topological polar surface area (TPSA) is 72.2 Å². The van der Waals surface area contributed by atoms with E-state index in [0.29, 0.717) is 10.7 Å². The average molecular weight is 434 g/mol. The molecule has 0 saturated carbocycles. The van der Waals surface area contributed by atoms with Crippen molar-refractivity contribution in [3.05, 3.63) is 66.0 Å². The van der Waals surface area contributed by atoms with Crippen molar-refractivity contribution in [3.63, 3.8) is 0 Å². The number of nitro groups is 1. The van der Waals surface area contributed by atoms with Crippen molar-refractivity contribution < 1.29 is 9.72 Å². The van der Waals surface area contributed by atoms with Crippen molar-refractivity contribution in [1.82, 2.24) is 0 Å². The summed E-state index contributed by atoms with van der Waals surface area (Å²) >= 11 is 12.4. The summed E-state index contributed by atoms with van der Waals surface area (Å²) in [6, 6.07) is 9.25. The Morgan fingerprint density at radius 3 is 2.62 bits per heavy atom. The molecule has 1 amide bonds. The Hall–Kier alpha value is -1.44. The lowest BCUT2D eigenvalue weighted by molar-refractivity contribution is -0.385. The number of amides is 1. The van der Waals surface area contributed by atoms with Crippen molar-refractivity contribution >= 4 is 60.7 Å². The first-order valence-electron chi connectivity index (χ1n) is 5.59. The molecule has 0 heterocycles. The summed E-state index contributed by atoms with van der Waals surface area (Å²) in [5.74, 6) is -0.495. The van der Waals surface area contributed by atoms with Crippen LogP contribution in [0, 0.1) is 10.1 Å². The van der Waals surface area contributed by atoms with Gasteiger partial charge < -0.3 is 5.32 Å². The number of nitrogens with zero attached hydrogens (tertiary/aromatic N) is 1. The molecule has 0 aliphatic heterocycles. The Morgan fingerprint density at radius 1 is 1.24 bits per heavy atom. The van der Waals surface area contributed by atoms with Gasteiger partial charge in [-0.2, -0.15) is 0 Å². The largest absolute Gasteiger partial charge is 0.321 e. The number of nitrogens with one attached hydrogen (secondary N) is 1. The highest BCUT2D eigenvalue weighted by Crippen LogP contribution is 2.30. The first kappa shape index (κ1) is 15.9. The molecular formula is C13H7Br2ClN2O3. The summed E-state index contributed by atoms with van der Waals surface area (Å²) in [7, 11) is 0. The second kappa shape index (κ2) is 6.55. The van der Waals surface area contributed by atoms with Gasteiger partial charge in [0.2, 0.25) is 0 Å².